The second-order valence-corrected chi connectivity index (χ2v) is 6.16. The first-order valence-electron chi connectivity index (χ1n) is 5.76. The van der Waals surface area contributed by atoms with Crippen LogP contribution in [0.15, 0.2) is 11.4 Å². The van der Waals surface area contributed by atoms with Crippen molar-refractivity contribution in [1.82, 2.24) is 4.90 Å². The van der Waals surface area contributed by atoms with Gasteiger partial charge in [0, 0.05) is 18.0 Å². The molecular weight excluding hydrogens is 254 g/mol. The van der Waals surface area contributed by atoms with E-state index in [4.69, 9.17) is 0 Å². The van der Waals surface area contributed by atoms with Gasteiger partial charge in [0.2, 0.25) is 0 Å². The third kappa shape index (κ3) is 2.84. The lowest BCUT2D eigenvalue weighted by atomic mass is 10.00. The monoisotopic (exact) mass is 271 g/mol. The molecule has 17 heavy (non-hydrogen) atoms. The minimum atomic E-state index is -0.714. The Morgan fingerprint density at radius 2 is 2.53 bits per heavy atom. The molecule has 0 radical (unpaired) electrons. The van der Waals surface area contributed by atoms with E-state index in [1.165, 1.54) is 4.88 Å². The van der Waals surface area contributed by atoms with Crippen molar-refractivity contribution in [1.29, 1.82) is 0 Å². The molecule has 94 valence electrons. The molecule has 3 nitrogen and oxygen atoms in total. The van der Waals surface area contributed by atoms with Gasteiger partial charge in [-0.15, -0.1) is 11.3 Å². The van der Waals surface area contributed by atoms with E-state index in [2.05, 4.69) is 11.2 Å². The molecule has 0 fully saturated rings. The molecule has 1 N–H and O–H groups in total. The number of rotatable bonds is 5. The van der Waals surface area contributed by atoms with E-state index in [9.17, 15) is 9.90 Å². The predicted molar refractivity (Wildman–Crippen MR) is 73.0 cm³/mol. The van der Waals surface area contributed by atoms with Gasteiger partial charge in [0.25, 0.3) is 0 Å². The number of thiophene rings is 1. The van der Waals surface area contributed by atoms with Crippen LogP contribution in [-0.2, 0) is 11.2 Å². The molecule has 0 saturated heterocycles. The number of hydrogen-bond donors (Lipinski definition) is 1. The van der Waals surface area contributed by atoms with E-state index in [0.717, 1.165) is 37.2 Å². The highest BCUT2D eigenvalue weighted by molar-refractivity contribution is 7.98. The third-order valence-electron chi connectivity index (χ3n) is 3.09. The minimum Gasteiger partial charge on any atom is -0.480 e. The van der Waals surface area contributed by atoms with Crippen LogP contribution in [0.2, 0.25) is 0 Å². The number of hydrogen-bond acceptors (Lipinski definition) is 4. The van der Waals surface area contributed by atoms with Crippen molar-refractivity contribution in [2.75, 3.05) is 25.1 Å². The van der Waals surface area contributed by atoms with Gasteiger partial charge in [-0.2, -0.15) is 11.8 Å². The smallest absolute Gasteiger partial charge is 0.325 e. The van der Waals surface area contributed by atoms with Crippen LogP contribution in [0.1, 0.15) is 22.9 Å². The summed E-state index contributed by atoms with van der Waals surface area (Å²) in [5.41, 5.74) is 1.01. The van der Waals surface area contributed by atoms with Crippen LogP contribution >= 0.6 is 23.1 Å². The van der Waals surface area contributed by atoms with Gasteiger partial charge in [0.15, 0.2) is 0 Å². The third-order valence-corrected chi connectivity index (χ3v) is 4.79. The second kappa shape index (κ2) is 5.89. The lowest BCUT2D eigenvalue weighted by Gasteiger charge is -2.33. The summed E-state index contributed by atoms with van der Waals surface area (Å²) in [5, 5.41) is 11.4. The normalized spacial score (nSPS) is 20.2. The van der Waals surface area contributed by atoms with E-state index in [1.807, 2.05) is 23.2 Å². The first kappa shape index (κ1) is 12.9. The van der Waals surface area contributed by atoms with Gasteiger partial charge in [0.05, 0.1) is 0 Å². The van der Waals surface area contributed by atoms with Crippen LogP contribution in [-0.4, -0.2) is 41.1 Å². The van der Waals surface area contributed by atoms with E-state index in [0.29, 0.717) is 0 Å². The lowest BCUT2D eigenvalue weighted by molar-refractivity contribution is -0.144. The maximum atomic E-state index is 11.4. The average Bonchev–Trinajstić information content (AvgIpc) is 2.76. The second-order valence-electron chi connectivity index (χ2n) is 4.17. The summed E-state index contributed by atoms with van der Waals surface area (Å²) in [7, 11) is 0. The summed E-state index contributed by atoms with van der Waals surface area (Å²) in [4.78, 5) is 14.8. The van der Waals surface area contributed by atoms with Crippen LogP contribution in [0, 0.1) is 0 Å². The van der Waals surface area contributed by atoms with Gasteiger partial charge in [-0.25, -0.2) is 0 Å². The molecule has 2 heterocycles. The number of fused-ring (bicyclic) bond motifs is 1. The molecular formula is C12H17NO2S2. The van der Waals surface area contributed by atoms with E-state index < -0.39 is 12.0 Å². The van der Waals surface area contributed by atoms with E-state index in [1.54, 1.807) is 11.3 Å². The zero-order chi connectivity index (χ0) is 12.3. The molecule has 1 aliphatic heterocycles. The predicted octanol–water partition coefficient (Wildman–Crippen LogP) is 2.49. The van der Waals surface area contributed by atoms with Gasteiger partial charge in [-0.1, -0.05) is 0 Å². The van der Waals surface area contributed by atoms with Crippen molar-refractivity contribution in [2.45, 2.75) is 18.9 Å². The van der Waals surface area contributed by atoms with E-state index in [-0.39, 0.29) is 0 Å². The van der Waals surface area contributed by atoms with Crippen LogP contribution in [0.25, 0.3) is 0 Å². The average molecular weight is 271 g/mol. The molecule has 0 saturated carbocycles. The zero-order valence-corrected chi connectivity index (χ0v) is 11.5. The van der Waals surface area contributed by atoms with Crippen molar-refractivity contribution < 1.29 is 9.90 Å². The van der Waals surface area contributed by atoms with Crippen LogP contribution in [0.4, 0.5) is 0 Å². The summed E-state index contributed by atoms with van der Waals surface area (Å²) in [6.07, 6.45) is 4.14. The van der Waals surface area contributed by atoms with Crippen LogP contribution in [0.3, 0.4) is 0 Å². The van der Waals surface area contributed by atoms with Gasteiger partial charge in [0.1, 0.15) is 6.04 Å². The SMILES string of the molecule is CSCCCN1CCc2sccc2C1C(=O)O. The van der Waals surface area contributed by atoms with Crippen molar-refractivity contribution in [2.24, 2.45) is 0 Å². The molecule has 1 unspecified atom stereocenters. The Hall–Kier alpha value is -0.520. The lowest BCUT2D eigenvalue weighted by Crippen LogP contribution is -2.39. The maximum absolute atomic E-state index is 11.4. The van der Waals surface area contributed by atoms with Gasteiger partial charge < -0.3 is 5.11 Å². The fourth-order valence-corrected chi connectivity index (χ4v) is 3.63. The molecule has 1 aromatic heterocycles. The summed E-state index contributed by atoms with van der Waals surface area (Å²) in [6, 6.07) is 1.55. The van der Waals surface area contributed by atoms with Crippen molar-refractivity contribution in [3.05, 3.63) is 21.9 Å². The highest BCUT2D eigenvalue weighted by Crippen LogP contribution is 2.33. The minimum absolute atomic E-state index is 0.424. The number of aliphatic carboxylic acids is 1. The molecule has 2 rings (SSSR count). The quantitative estimate of drug-likeness (QED) is 0.835. The number of carbonyl (C=O) groups is 1. The largest absolute Gasteiger partial charge is 0.480 e. The molecule has 1 aromatic rings. The summed E-state index contributed by atoms with van der Waals surface area (Å²) < 4.78 is 0. The Balaban J connectivity index is 2.10. The summed E-state index contributed by atoms with van der Waals surface area (Å²) >= 11 is 3.50. The number of carboxylic acids is 1. The Kier molecular flexibility index (Phi) is 4.48. The van der Waals surface area contributed by atoms with E-state index >= 15 is 0 Å². The summed E-state index contributed by atoms with van der Waals surface area (Å²) in [5.74, 6) is 0.382. The Labute approximate surface area is 110 Å². The zero-order valence-electron chi connectivity index (χ0n) is 9.89. The fraction of sp³-hybridized carbons (Fsp3) is 0.583. The first-order chi connectivity index (χ1) is 8.24. The molecule has 1 aliphatic rings. The van der Waals surface area contributed by atoms with Crippen molar-refractivity contribution in [3.63, 3.8) is 0 Å². The van der Waals surface area contributed by atoms with Gasteiger partial charge >= 0.3 is 5.97 Å². The number of carboxylic acid groups (broad SMARTS) is 1. The summed E-state index contributed by atoms with van der Waals surface area (Å²) in [6.45, 7) is 1.76. The first-order valence-corrected chi connectivity index (χ1v) is 8.03. The Bertz CT molecular complexity index is 392. The van der Waals surface area contributed by atoms with Gasteiger partial charge in [-0.3, -0.25) is 9.69 Å². The Morgan fingerprint density at radius 1 is 1.71 bits per heavy atom. The highest BCUT2D eigenvalue weighted by Gasteiger charge is 2.33. The topological polar surface area (TPSA) is 40.5 Å². The van der Waals surface area contributed by atoms with Crippen molar-refractivity contribution >= 4 is 29.1 Å². The van der Waals surface area contributed by atoms with Crippen LogP contribution in [0.5, 0.6) is 0 Å². The van der Waals surface area contributed by atoms with Crippen LogP contribution < -0.4 is 0 Å². The number of nitrogens with zero attached hydrogens (tertiary/aromatic N) is 1. The fourth-order valence-electron chi connectivity index (χ4n) is 2.31. The molecule has 0 aliphatic carbocycles. The van der Waals surface area contributed by atoms with Crippen molar-refractivity contribution in [3.8, 4) is 0 Å². The Morgan fingerprint density at radius 3 is 3.24 bits per heavy atom. The molecule has 0 spiro atoms. The standard InChI is InChI=1S/C12H17NO2S2/c1-16-7-2-5-13-6-3-10-9(4-8-17-10)11(13)12(14)15/h4,8,11H,2-3,5-7H2,1H3,(H,14,15). The van der Waals surface area contributed by atoms with Gasteiger partial charge in [-0.05, 0) is 41.9 Å². The molecule has 5 heteroatoms. The molecule has 0 aromatic carbocycles. The number of thioether (sulfide) groups is 1. The molecule has 0 bridgehead atoms. The molecule has 1 atom stereocenters. The maximum Gasteiger partial charge on any atom is 0.325 e. The molecule has 0 amide bonds. The highest BCUT2D eigenvalue weighted by atomic mass is 32.2.